The molecule has 0 rings (SSSR count). The van der Waals surface area contributed by atoms with Crippen LogP contribution in [0, 0.1) is 5.92 Å². The Kier molecular flexibility index (Phi) is 5.71. The van der Waals surface area contributed by atoms with Gasteiger partial charge in [0, 0.05) is 6.08 Å². The number of aliphatic carboxylic acids is 1. The number of rotatable bonds is 4. The van der Waals surface area contributed by atoms with Gasteiger partial charge in [0.1, 0.15) is 5.60 Å². The average molecular weight is 243 g/mol. The first-order valence-corrected chi connectivity index (χ1v) is 5.52. The summed E-state index contributed by atoms with van der Waals surface area (Å²) in [6, 6.07) is -0.360. The molecular weight excluding hydrogens is 222 g/mol. The van der Waals surface area contributed by atoms with Crippen LogP contribution in [0.5, 0.6) is 0 Å². The van der Waals surface area contributed by atoms with Crippen molar-refractivity contribution in [2.45, 2.75) is 46.3 Å². The van der Waals surface area contributed by atoms with Gasteiger partial charge in [0.05, 0.1) is 6.04 Å². The molecule has 0 bridgehead atoms. The molecule has 17 heavy (non-hydrogen) atoms. The van der Waals surface area contributed by atoms with Crippen molar-refractivity contribution < 1.29 is 19.4 Å². The molecule has 0 spiro atoms. The maximum atomic E-state index is 11.5. The van der Waals surface area contributed by atoms with Gasteiger partial charge in [-0.05, 0) is 26.7 Å². The summed E-state index contributed by atoms with van der Waals surface area (Å²) < 4.78 is 5.09. The predicted octanol–water partition coefficient (Wildman–Crippen LogP) is 2.18. The molecule has 98 valence electrons. The van der Waals surface area contributed by atoms with E-state index in [0.717, 1.165) is 6.08 Å². The van der Waals surface area contributed by atoms with E-state index in [4.69, 9.17) is 9.84 Å². The van der Waals surface area contributed by atoms with E-state index in [-0.39, 0.29) is 12.0 Å². The van der Waals surface area contributed by atoms with Gasteiger partial charge in [-0.25, -0.2) is 9.59 Å². The van der Waals surface area contributed by atoms with Gasteiger partial charge < -0.3 is 15.2 Å². The highest BCUT2D eigenvalue weighted by atomic mass is 16.6. The number of hydrogen-bond donors (Lipinski definition) is 2. The van der Waals surface area contributed by atoms with Crippen LogP contribution in [-0.4, -0.2) is 28.8 Å². The van der Waals surface area contributed by atoms with E-state index < -0.39 is 17.7 Å². The third kappa shape index (κ3) is 8.30. The van der Waals surface area contributed by atoms with Gasteiger partial charge in [-0.15, -0.1) is 0 Å². The fraction of sp³-hybridized carbons (Fsp3) is 0.667. The first-order valence-electron chi connectivity index (χ1n) is 5.52. The Bertz CT molecular complexity index is 302. The van der Waals surface area contributed by atoms with E-state index in [1.54, 1.807) is 20.8 Å². The lowest BCUT2D eigenvalue weighted by Gasteiger charge is -2.23. The molecule has 1 atom stereocenters. The molecule has 0 aromatic rings. The summed E-state index contributed by atoms with van der Waals surface area (Å²) in [5.41, 5.74) is -0.567. The molecule has 1 amide bonds. The Morgan fingerprint density at radius 1 is 1.29 bits per heavy atom. The molecule has 0 aromatic heterocycles. The molecule has 1 unspecified atom stereocenters. The quantitative estimate of drug-likeness (QED) is 0.742. The number of carbonyl (C=O) groups excluding carboxylic acids is 1. The van der Waals surface area contributed by atoms with E-state index in [1.165, 1.54) is 6.08 Å². The van der Waals surface area contributed by atoms with E-state index >= 15 is 0 Å². The molecule has 5 nitrogen and oxygen atoms in total. The van der Waals surface area contributed by atoms with E-state index in [9.17, 15) is 9.59 Å². The van der Waals surface area contributed by atoms with Crippen LogP contribution in [0.15, 0.2) is 12.2 Å². The number of nitrogens with one attached hydrogen (secondary N) is 1. The normalized spacial score (nSPS) is 13.8. The summed E-state index contributed by atoms with van der Waals surface area (Å²) in [7, 11) is 0. The van der Waals surface area contributed by atoms with Gasteiger partial charge in [0.15, 0.2) is 0 Å². The van der Waals surface area contributed by atoms with E-state index in [0.29, 0.717) is 0 Å². The zero-order chi connectivity index (χ0) is 13.6. The van der Waals surface area contributed by atoms with Crippen LogP contribution in [0.1, 0.15) is 34.6 Å². The summed E-state index contributed by atoms with van der Waals surface area (Å²) >= 11 is 0. The molecule has 0 heterocycles. The minimum atomic E-state index is -1.04. The van der Waals surface area contributed by atoms with Crippen LogP contribution >= 0.6 is 0 Å². The SMILES string of the molecule is CC(C)C(C=CC(=O)O)NC(=O)OC(C)(C)C. The topological polar surface area (TPSA) is 75.6 Å². The van der Waals surface area contributed by atoms with Crippen molar-refractivity contribution in [3.63, 3.8) is 0 Å². The van der Waals surface area contributed by atoms with Crippen LogP contribution in [-0.2, 0) is 9.53 Å². The minimum absolute atomic E-state index is 0.0816. The number of carboxylic acids is 1. The number of carbonyl (C=O) groups is 2. The zero-order valence-electron chi connectivity index (χ0n) is 11.0. The second-order valence-corrected chi connectivity index (χ2v) is 5.11. The lowest BCUT2D eigenvalue weighted by Crippen LogP contribution is -2.40. The fourth-order valence-electron chi connectivity index (χ4n) is 1.07. The molecule has 0 radical (unpaired) electrons. The van der Waals surface area contributed by atoms with Crippen molar-refractivity contribution in [1.82, 2.24) is 5.32 Å². The number of alkyl carbamates (subject to hydrolysis) is 1. The minimum Gasteiger partial charge on any atom is -0.478 e. The highest BCUT2D eigenvalue weighted by molar-refractivity contribution is 5.80. The van der Waals surface area contributed by atoms with Crippen LogP contribution in [0.2, 0.25) is 0 Å². The standard InChI is InChI=1S/C12H21NO4/c1-8(2)9(6-7-10(14)15)13-11(16)17-12(3,4)5/h6-9H,1-5H3,(H,13,16)(H,14,15). The smallest absolute Gasteiger partial charge is 0.408 e. The van der Waals surface area contributed by atoms with Crippen molar-refractivity contribution in [3.05, 3.63) is 12.2 Å². The molecule has 0 aromatic carbocycles. The van der Waals surface area contributed by atoms with Gasteiger partial charge >= 0.3 is 12.1 Å². The summed E-state index contributed by atoms with van der Waals surface area (Å²) in [6.45, 7) is 9.07. The zero-order valence-corrected chi connectivity index (χ0v) is 11.0. The van der Waals surface area contributed by atoms with Gasteiger partial charge in [0.2, 0.25) is 0 Å². The maximum absolute atomic E-state index is 11.5. The van der Waals surface area contributed by atoms with Crippen molar-refractivity contribution in [2.24, 2.45) is 5.92 Å². The molecule has 0 aliphatic heterocycles. The average Bonchev–Trinajstić information content (AvgIpc) is 2.08. The highest BCUT2D eigenvalue weighted by Crippen LogP contribution is 2.09. The fourth-order valence-corrected chi connectivity index (χ4v) is 1.07. The van der Waals surface area contributed by atoms with Gasteiger partial charge in [-0.1, -0.05) is 19.9 Å². The Balaban J connectivity index is 4.46. The Morgan fingerprint density at radius 2 is 1.82 bits per heavy atom. The predicted molar refractivity (Wildman–Crippen MR) is 64.8 cm³/mol. The molecule has 0 aliphatic rings. The summed E-state index contributed by atoms with van der Waals surface area (Å²) in [5.74, 6) is -0.959. The number of hydrogen-bond acceptors (Lipinski definition) is 3. The molecular formula is C12H21NO4. The number of carboxylic acid groups (broad SMARTS) is 1. The first kappa shape index (κ1) is 15.5. The van der Waals surface area contributed by atoms with Crippen LogP contribution in [0.25, 0.3) is 0 Å². The monoisotopic (exact) mass is 243 g/mol. The second-order valence-electron chi connectivity index (χ2n) is 5.11. The van der Waals surface area contributed by atoms with Crippen LogP contribution in [0.3, 0.4) is 0 Å². The van der Waals surface area contributed by atoms with Crippen LogP contribution in [0.4, 0.5) is 4.79 Å². The Morgan fingerprint density at radius 3 is 2.18 bits per heavy atom. The lowest BCUT2D eigenvalue weighted by atomic mass is 10.0. The van der Waals surface area contributed by atoms with Gasteiger partial charge in [0.25, 0.3) is 0 Å². The van der Waals surface area contributed by atoms with Crippen molar-refractivity contribution >= 4 is 12.1 Å². The van der Waals surface area contributed by atoms with E-state index in [1.807, 2.05) is 13.8 Å². The Hall–Kier alpha value is -1.52. The van der Waals surface area contributed by atoms with Crippen molar-refractivity contribution in [1.29, 1.82) is 0 Å². The second kappa shape index (κ2) is 6.27. The summed E-state index contributed by atoms with van der Waals surface area (Å²) in [6.07, 6.45) is 1.91. The van der Waals surface area contributed by atoms with Gasteiger partial charge in [-0.2, -0.15) is 0 Å². The summed E-state index contributed by atoms with van der Waals surface area (Å²) in [4.78, 5) is 21.9. The lowest BCUT2D eigenvalue weighted by molar-refractivity contribution is -0.131. The highest BCUT2D eigenvalue weighted by Gasteiger charge is 2.19. The van der Waals surface area contributed by atoms with E-state index in [2.05, 4.69) is 5.32 Å². The molecule has 5 heteroatoms. The number of amides is 1. The molecule has 0 saturated carbocycles. The third-order valence-electron chi connectivity index (χ3n) is 1.85. The largest absolute Gasteiger partial charge is 0.478 e. The first-order chi connectivity index (χ1) is 7.61. The third-order valence-corrected chi connectivity index (χ3v) is 1.85. The van der Waals surface area contributed by atoms with Gasteiger partial charge in [-0.3, -0.25) is 0 Å². The molecule has 0 aliphatic carbocycles. The van der Waals surface area contributed by atoms with Crippen molar-refractivity contribution in [2.75, 3.05) is 0 Å². The van der Waals surface area contributed by atoms with Crippen molar-refractivity contribution in [3.8, 4) is 0 Å². The number of ether oxygens (including phenoxy) is 1. The molecule has 0 fully saturated rings. The molecule has 2 N–H and O–H groups in total. The molecule has 0 saturated heterocycles. The van der Waals surface area contributed by atoms with Crippen LogP contribution < -0.4 is 5.32 Å². The maximum Gasteiger partial charge on any atom is 0.408 e. The summed E-state index contributed by atoms with van der Waals surface area (Å²) in [5, 5.41) is 11.2. The Labute approximate surface area is 102 Å².